The van der Waals surface area contributed by atoms with E-state index < -0.39 is 17.3 Å². The first kappa shape index (κ1) is 19.9. The zero-order chi connectivity index (χ0) is 20.6. The fraction of sp³-hybridized carbons (Fsp3) is 0.136. The Morgan fingerprint density at radius 3 is 2.55 bits per heavy atom. The van der Waals surface area contributed by atoms with Crippen molar-refractivity contribution in [1.82, 2.24) is 4.98 Å². The van der Waals surface area contributed by atoms with E-state index in [0.29, 0.717) is 11.3 Å². The van der Waals surface area contributed by atoms with E-state index >= 15 is 0 Å². The van der Waals surface area contributed by atoms with Crippen LogP contribution in [0.2, 0.25) is 0 Å². The number of ketones is 1. The van der Waals surface area contributed by atoms with Crippen molar-refractivity contribution in [3.63, 3.8) is 0 Å². The maximum atomic E-state index is 13.4. The second-order valence-electron chi connectivity index (χ2n) is 6.82. The van der Waals surface area contributed by atoms with Crippen molar-refractivity contribution < 1.29 is 14.7 Å². The van der Waals surface area contributed by atoms with Gasteiger partial charge in [-0.2, -0.15) is 0 Å². The molecule has 1 aliphatic heterocycles. The number of hydrogen-bond donors (Lipinski definition) is 1. The molecule has 1 amide bonds. The van der Waals surface area contributed by atoms with Gasteiger partial charge in [0.05, 0.1) is 18.7 Å². The number of pyridine rings is 1. The SMILES string of the molecule is O=C(CC1(O)C(=O)N(Cc2ccccc2Br)c2ccc(Br)cc21)c1ccccn1. The molecule has 3 aromatic rings. The molecule has 2 heterocycles. The number of amides is 1. The summed E-state index contributed by atoms with van der Waals surface area (Å²) in [5.41, 5.74) is 0.164. The molecule has 0 spiro atoms. The van der Waals surface area contributed by atoms with Gasteiger partial charge in [0.1, 0.15) is 5.69 Å². The predicted octanol–water partition coefficient (Wildman–Crippen LogP) is 4.61. The third-order valence-corrected chi connectivity index (χ3v) is 6.21. The van der Waals surface area contributed by atoms with Crippen LogP contribution < -0.4 is 4.90 Å². The van der Waals surface area contributed by atoms with Crippen LogP contribution in [0.3, 0.4) is 0 Å². The number of aliphatic hydroxyl groups is 1. The normalized spacial score (nSPS) is 18.0. The Morgan fingerprint density at radius 2 is 1.83 bits per heavy atom. The van der Waals surface area contributed by atoms with Crippen molar-refractivity contribution in [2.24, 2.45) is 0 Å². The molecule has 146 valence electrons. The summed E-state index contributed by atoms with van der Waals surface area (Å²) in [6.07, 6.45) is 1.14. The van der Waals surface area contributed by atoms with Gasteiger partial charge in [-0.3, -0.25) is 14.6 Å². The molecule has 0 bridgehead atoms. The molecular formula is C22H16Br2N2O3. The Morgan fingerprint density at radius 1 is 1.07 bits per heavy atom. The number of fused-ring (bicyclic) bond motifs is 1. The summed E-state index contributed by atoms with van der Waals surface area (Å²) in [4.78, 5) is 31.7. The standard InChI is InChI=1S/C22H16Br2N2O3/c23-15-8-9-19-16(11-15)22(29,12-20(27)18-7-3-4-10-25-18)21(28)26(19)13-14-5-1-2-6-17(14)24/h1-11,29H,12-13H2. The number of hydrogen-bond acceptors (Lipinski definition) is 4. The Bertz CT molecular complexity index is 1100. The third-order valence-electron chi connectivity index (χ3n) is 4.95. The van der Waals surface area contributed by atoms with E-state index in [1.807, 2.05) is 30.3 Å². The summed E-state index contributed by atoms with van der Waals surface area (Å²) < 4.78 is 1.59. The molecule has 0 saturated heterocycles. The maximum absolute atomic E-state index is 13.4. The van der Waals surface area contributed by atoms with Crippen molar-refractivity contribution in [1.29, 1.82) is 0 Å². The first-order valence-corrected chi connectivity index (χ1v) is 10.5. The number of aromatic nitrogens is 1. The Kier molecular flexibility index (Phi) is 5.38. The average molecular weight is 516 g/mol. The van der Waals surface area contributed by atoms with Gasteiger partial charge in [-0.25, -0.2) is 0 Å². The minimum absolute atomic E-state index is 0.217. The van der Waals surface area contributed by atoms with Gasteiger partial charge < -0.3 is 10.0 Å². The molecule has 0 fully saturated rings. The van der Waals surface area contributed by atoms with Crippen LogP contribution in [0, 0.1) is 0 Å². The number of rotatable bonds is 5. The van der Waals surface area contributed by atoms with Crippen molar-refractivity contribution in [3.8, 4) is 0 Å². The molecule has 29 heavy (non-hydrogen) atoms. The number of benzene rings is 2. The quantitative estimate of drug-likeness (QED) is 0.503. The molecule has 7 heteroatoms. The molecule has 2 aromatic carbocycles. The monoisotopic (exact) mass is 514 g/mol. The highest BCUT2D eigenvalue weighted by Gasteiger charge is 2.51. The van der Waals surface area contributed by atoms with Crippen LogP contribution in [-0.2, 0) is 16.9 Å². The molecule has 1 atom stereocenters. The number of halogens is 2. The smallest absolute Gasteiger partial charge is 0.264 e. The van der Waals surface area contributed by atoms with Gasteiger partial charge in [0.15, 0.2) is 11.4 Å². The van der Waals surface area contributed by atoms with Crippen LogP contribution in [0.25, 0.3) is 0 Å². The highest BCUT2D eigenvalue weighted by Crippen LogP contribution is 2.45. The second kappa shape index (κ2) is 7.82. The van der Waals surface area contributed by atoms with E-state index in [4.69, 9.17) is 0 Å². The largest absolute Gasteiger partial charge is 0.375 e. The number of Topliss-reactive ketones (excluding diaryl/α,β-unsaturated/α-hetero) is 1. The third kappa shape index (κ3) is 3.66. The number of carbonyl (C=O) groups is 2. The van der Waals surface area contributed by atoms with Gasteiger partial charge in [0, 0.05) is 20.7 Å². The summed E-state index contributed by atoms with van der Waals surface area (Å²) in [5.74, 6) is -0.916. The molecule has 0 saturated carbocycles. The second-order valence-corrected chi connectivity index (χ2v) is 8.59. The van der Waals surface area contributed by atoms with Crippen LogP contribution in [0.5, 0.6) is 0 Å². The highest BCUT2D eigenvalue weighted by molar-refractivity contribution is 9.10. The maximum Gasteiger partial charge on any atom is 0.264 e. The first-order valence-electron chi connectivity index (χ1n) is 8.92. The van der Waals surface area contributed by atoms with E-state index in [1.54, 1.807) is 30.3 Å². The van der Waals surface area contributed by atoms with Gasteiger partial charge in [0.25, 0.3) is 5.91 Å². The molecule has 0 radical (unpaired) electrons. The number of anilines is 1. The van der Waals surface area contributed by atoms with Crippen LogP contribution in [-0.4, -0.2) is 21.8 Å². The fourth-order valence-corrected chi connectivity index (χ4v) is 4.27. The van der Waals surface area contributed by atoms with Gasteiger partial charge in [0.2, 0.25) is 0 Å². The van der Waals surface area contributed by atoms with E-state index in [9.17, 15) is 14.7 Å². The molecular weight excluding hydrogens is 500 g/mol. The highest BCUT2D eigenvalue weighted by atomic mass is 79.9. The zero-order valence-electron chi connectivity index (χ0n) is 15.2. The van der Waals surface area contributed by atoms with Crippen molar-refractivity contribution >= 4 is 49.2 Å². The molecule has 1 aromatic heterocycles. The van der Waals surface area contributed by atoms with Crippen molar-refractivity contribution in [2.75, 3.05) is 4.90 Å². The van der Waals surface area contributed by atoms with Crippen LogP contribution in [0.4, 0.5) is 5.69 Å². The lowest BCUT2D eigenvalue weighted by molar-refractivity contribution is -0.136. The fourth-order valence-electron chi connectivity index (χ4n) is 3.50. The summed E-state index contributed by atoms with van der Waals surface area (Å²) in [7, 11) is 0. The average Bonchev–Trinajstić information content (AvgIpc) is 2.92. The van der Waals surface area contributed by atoms with E-state index in [1.165, 1.54) is 11.1 Å². The first-order chi connectivity index (χ1) is 13.9. The Hall–Kier alpha value is -2.35. The zero-order valence-corrected chi connectivity index (χ0v) is 18.4. The van der Waals surface area contributed by atoms with Crippen LogP contribution in [0.15, 0.2) is 75.8 Å². The molecule has 1 unspecified atom stereocenters. The van der Waals surface area contributed by atoms with Gasteiger partial charge in [-0.05, 0) is 42.0 Å². The van der Waals surface area contributed by atoms with Crippen molar-refractivity contribution in [3.05, 3.63) is 92.6 Å². The van der Waals surface area contributed by atoms with Gasteiger partial charge in [-0.15, -0.1) is 0 Å². The topological polar surface area (TPSA) is 70.5 Å². The van der Waals surface area contributed by atoms with E-state index in [-0.39, 0.29) is 18.7 Å². The summed E-state index contributed by atoms with van der Waals surface area (Å²) in [6.45, 7) is 0.273. The van der Waals surface area contributed by atoms with Crippen LogP contribution in [0.1, 0.15) is 28.0 Å². The minimum Gasteiger partial charge on any atom is -0.375 e. The van der Waals surface area contributed by atoms with E-state index in [2.05, 4.69) is 36.8 Å². The molecule has 1 aliphatic rings. The van der Waals surface area contributed by atoms with Gasteiger partial charge in [-0.1, -0.05) is 56.1 Å². The van der Waals surface area contributed by atoms with Crippen LogP contribution >= 0.6 is 31.9 Å². The summed E-state index contributed by atoms with van der Waals surface area (Å²) >= 11 is 6.90. The lowest BCUT2D eigenvalue weighted by Gasteiger charge is -2.23. The number of nitrogens with zero attached hydrogens (tertiary/aromatic N) is 2. The molecule has 0 aliphatic carbocycles. The molecule has 5 nitrogen and oxygen atoms in total. The Labute approximate surface area is 184 Å². The molecule has 1 N–H and O–H groups in total. The Balaban J connectivity index is 1.73. The summed E-state index contributed by atoms with van der Waals surface area (Å²) in [6, 6.07) is 17.9. The lowest BCUT2D eigenvalue weighted by atomic mass is 9.89. The number of carbonyl (C=O) groups excluding carboxylic acids is 2. The minimum atomic E-state index is -1.95. The van der Waals surface area contributed by atoms with Gasteiger partial charge >= 0.3 is 0 Å². The summed E-state index contributed by atoms with van der Waals surface area (Å²) in [5, 5.41) is 11.4. The molecule has 4 rings (SSSR count). The lowest BCUT2D eigenvalue weighted by Crippen LogP contribution is -2.41. The van der Waals surface area contributed by atoms with E-state index in [0.717, 1.165) is 14.5 Å². The predicted molar refractivity (Wildman–Crippen MR) is 117 cm³/mol. The van der Waals surface area contributed by atoms with Crippen molar-refractivity contribution in [2.45, 2.75) is 18.6 Å².